The predicted molar refractivity (Wildman–Crippen MR) is 55.6 cm³/mol. The van der Waals surface area contributed by atoms with Crippen LogP contribution in [0.5, 0.6) is 5.75 Å². The van der Waals surface area contributed by atoms with Crippen molar-refractivity contribution in [3.63, 3.8) is 0 Å². The summed E-state index contributed by atoms with van der Waals surface area (Å²) in [6.07, 6.45) is 1.30. The van der Waals surface area contributed by atoms with E-state index in [1.807, 2.05) is 0 Å². The smallest absolute Gasteiger partial charge is 0.358 e. The highest BCUT2D eigenvalue weighted by atomic mass is 16.4. The first kappa shape index (κ1) is 10.2. The Labute approximate surface area is 89.4 Å². The lowest BCUT2D eigenvalue weighted by Gasteiger charge is -2.07. The summed E-state index contributed by atoms with van der Waals surface area (Å²) in [5.74, 6) is -1.83. The van der Waals surface area contributed by atoms with Crippen molar-refractivity contribution < 1.29 is 15.0 Å². The summed E-state index contributed by atoms with van der Waals surface area (Å²) in [4.78, 5) is 25.7. The lowest BCUT2D eigenvalue weighted by molar-refractivity contribution is 0.0687. The third-order valence-corrected chi connectivity index (χ3v) is 2.33. The minimum Gasteiger partial charge on any atom is -0.504 e. The van der Waals surface area contributed by atoms with Crippen LogP contribution in [0.15, 0.2) is 23.1 Å². The van der Waals surface area contributed by atoms with Gasteiger partial charge in [-0.3, -0.25) is 4.79 Å². The van der Waals surface area contributed by atoms with Gasteiger partial charge in [-0.05, 0) is 6.07 Å². The molecule has 6 heteroatoms. The standard InChI is InChI=1S/C10H8N2O4/c1-12-6(13)3-2-5-4-11-7(10(15)16)9(14)8(5)12/h2-4,14H,1H3,(H,15,16). The van der Waals surface area contributed by atoms with Gasteiger partial charge in [0.1, 0.15) is 0 Å². The van der Waals surface area contributed by atoms with Crippen molar-refractivity contribution in [2.45, 2.75) is 0 Å². The van der Waals surface area contributed by atoms with Crippen molar-refractivity contribution in [1.82, 2.24) is 9.55 Å². The third-order valence-electron chi connectivity index (χ3n) is 2.33. The molecule has 2 aromatic heterocycles. The lowest BCUT2D eigenvalue weighted by Crippen LogP contribution is -2.16. The number of pyridine rings is 2. The molecule has 82 valence electrons. The van der Waals surface area contributed by atoms with E-state index < -0.39 is 17.4 Å². The number of aromatic carboxylic acids is 1. The summed E-state index contributed by atoms with van der Waals surface area (Å²) >= 11 is 0. The van der Waals surface area contributed by atoms with E-state index in [1.165, 1.54) is 29.9 Å². The highest BCUT2D eigenvalue weighted by Crippen LogP contribution is 2.24. The molecule has 0 aromatic carbocycles. The molecule has 0 spiro atoms. The Morgan fingerprint density at radius 1 is 1.44 bits per heavy atom. The monoisotopic (exact) mass is 220 g/mol. The Kier molecular flexibility index (Phi) is 2.12. The average Bonchev–Trinajstić information content (AvgIpc) is 2.23. The maximum atomic E-state index is 11.4. The Bertz CT molecular complexity index is 645. The van der Waals surface area contributed by atoms with Crippen molar-refractivity contribution >= 4 is 16.9 Å². The fourth-order valence-electron chi connectivity index (χ4n) is 1.52. The first-order valence-electron chi connectivity index (χ1n) is 4.43. The van der Waals surface area contributed by atoms with Gasteiger partial charge in [0.2, 0.25) is 0 Å². The maximum Gasteiger partial charge on any atom is 0.358 e. The molecule has 0 aliphatic heterocycles. The number of aromatic hydroxyl groups is 1. The number of aromatic nitrogens is 2. The number of carbonyl (C=O) groups is 1. The summed E-state index contributed by atoms with van der Waals surface area (Å²) in [6.45, 7) is 0. The highest BCUT2D eigenvalue weighted by Gasteiger charge is 2.16. The lowest BCUT2D eigenvalue weighted by atomic mass is 10.2. The Morgan fingerprint density at radius 2 is 2.12 bits per heavy atom. The molecule has 0 unspecified atom stereocenters. The molecule has 16 heavy (non-hydrogen) atoms. The number of carboxylic acid groups (broad SMARTS) is 1. The van der Waals surface area contributed by atoms with Crippen LogP contribution in [0.25, 0.3) is 10.9 Å². The Hall–Kier alpha value is -2.37. The van der Waals surface area contributed by atoms with Gasteiger partial charge in [-0.25, -0.2) is 9.78 Å². The first-order valence-corrected chi connectivity index (χ1v) is 4.43. The maximum absolute atomic E-state index is 11.4. The Morgan fingerprint density at radius 3 is 2.75 bits per heavy atom. The van der Waals surface area contributed by atoms with E-state index in [1.54, 1.807) is 0 Å². The topological polar surface area (TPSA) is 92.4 Å². The van der Waals surface area contributed by atoms with Crippen molar-refractivity contribution in [1.29, 1.82) is 0 Å². The van der Waals surface area contributed by atoms with Crippen LogP contribution in [0, 0.1) is 0 Å². The molecule has 2 N–H and O–H groups in total. The largest absolute Gasteiger partial charge is 0.504 e. The van der Waals surface area contributed by atoms with Gasteiger partial charge < -0.3 is 14.8 Å². The second-order valence-electron chi connectivity index (χ2n) is 3.30. The molecule has 0 aliphatic carbocycles. The van der Waals surface area contributed by atoms with Gasteiger partial charge in [-0.2, -0.15) is 0 Å². The van der Waals surface area contributed by atoms with Crippen LogP contribution in [-0.2, 0) is 7.05 Å². The molecule has 0 aliphatic rings. The number of aryl methyl sites for hydroxylation is 1. The summed E-state index contributed by atoms with van der Waals surface area (Å²) in [5, 5.41) is 19.0. The fraction of sp³-hybridized carbons (Fsp3) is 0.100. The molecule has 0 saturated heterocycles. The molecular formula is C10H8N2O4. The molecule has 2 aromatic rings. The van der Waals surface area contributed by atoms with Crippen LogP contribution in [0.4, 0.5) is 0 Å². The molecule has 6 nitrogen and oxygen atoms in total. The van der Waals surface area contributed by atoms with Crippen LogP contribution in [-0.4, -0.2) is 25.7 Å². The van der Waals surface area contributed by atoms with Gasteiger partial charge in [0.05, 0.1) is 5.52 Å². The summed E-state index contributed by atoms with van der Waals surface area (Å²) < 4.78 is 1.18. The zero-order valence-corrected chi connectivity index (χ0v) is 8.34. The summed E-state index contributed by atoms with van der Waals surface area (Å²) in [5.41, 5.74) is -0.626. The number of fused-ring (bicyclic) bond motifs is 1. The molecule has 0 atom stereocenters. The molecule has 2 heterocycles. The van der Waals surface area contributed by atoms with E-state index in [-0.39, 0.29) is 11.1 Å². The van der Waals surface area contributed by atoms with Crippen LogP contribution < -0.4 is 5.56 Å². The van der Waals surface area contributed by atoms with Crippen molar-refractivity contribution in [3.05, 3.63) is 34.4 Å². The van der Waals surface area contributed by atoms with Gasteiger partial charge in [-0.15, -0.1) is 0 Å². The van der Waals surface area contributed by atoms with E-state index in [9.17, 15) is 14.7 Å². The molecule has 0 bridgehead atoms. The second-order valence-corrected chi connectivity index (χ2v) is 3.30. The van der Waals surface area contributed by atoms with Crippen LogP contribution in [0.1, 0.15) is 10.5 Å². The number of nitrogens with zero attached hydrogens (tertiary/aromatic N) is 2. The van der Waals surface area contributed by atoms with Crippen molar-refractivity contribution in [2.24, 2.45) is 7.05 Å². The average molecular weight is 220 g/mol. The molecule has 2 rings (SSSR count). The SMILES string of the molecule is Cn1c(=O)ccc2cnc(C(=O)O)c(O)c21. The predicted octanol–water partition coefficient (Wildman–Crippen LogP) is 0.337. The zero-order chi connectivity index (χ0) is 11.9. The van der Waals surface area contributed by atoms with E-state index in [4.69, 9.17) is 5.11 Å². The second kappa shape index (κ2) is 3.34. The molecular weight excluding hydrogens is 212 g/mol. The first-order chi connectivity index (χ1) is 7.52. The number of carboxylic acids is 1. The van der Waals surface area contributed by atoms with Gasteiger partial charge in [0.25, 0.3) is 5.56 Å². The van der Waals surface area contributed by atoms with E-state index in [2.05, 4.69) is 4.98 Å². The minimum absolute atomic E-state index is 0.167. The van der Waals surface area contributed by atoms with Gasteiger partial charge in [0, 0.05) is 24.7 Å². The fourth-order valence-corrected chi connectivity index (χ4v) is 1.52. The van der Waals surface area contributed by atoms with Gasteiger partial charge >= 0.3 is 5.97 Å². The van der Waals surface area contributed by atoms with Crippen LogP contribution >= 0.6 is 0 Å². The van der Waals surface area contributed by atoms with Gasteiger partial charge in [-0.1, -0.05) is 0 Å². The number of hydrogen-bond acceptors (Lipinski definition) is 4. The molecule has 0 amide bonds. The van der Waals surface area contributed by atoms with E-state index in [0.29, 0.717) is 5.39 Å². The van der Waals surface area contributed by atoms with Crippen molar-refractivity contribution in [3.8, 4) is 5.75 Å². The minimum atomic E-state index is -1.34. The quantitative estimate of drug-likeness (QED) is 0.722. The van der Waals surface area contributed by atoms with E-state index >= 15 is 0 Å². The van der Waals surface area contributed by atoms with E-state index in [0.717, 1.165) is 0 Å². The Balaban J connectivity index is 2.98. The molecule has 0 radical (unpaired) electrons. The number of rotatable bonds is 1. The molecule has 0 saturated carbocycles. The molecule has 0 fully saturated rings. The van der Waals surface area contributed by atoms with Crippen LogP contribution in [0.3, 0.4) is 0 Å². The summed E-state index contributed by atoms with van der Waals surface area (Å²) in [6, 6.07) is 2.81. The normalized spacial score (nSPS) is 10.6. The third kappa shape index (κ3) is 1.31. The van der Waals surface area contributed by atoms with Gasteiger partial charge in [0.15, 0.2) is 11.4 Å². The zero-order valence-electron chi connectivity index (χ0n) is 8.34. The summed E-state index contributed by atoms with van der Waals surface area (Å²) in [7, 11) is 1.45. The number of hydrogen-bond donors (Lipinski definition) is 2. The van der Waals surface area contributed by atoms with Crippen LogP contribution in [0.2, 0.25) is 0 Å². The van der Waals surface area contributed by atoms with Crippen molar-refractivity contribution in [2.75, 3.05) is 0 Å². The highest BCUT2D eigenvalue weighted by molar-refractivity contribution is 5.96.